The van der Waals surface area contributed by atoms with Crippen LogP contribution in [0.1, 0.15) is 12.0 Å². The molecule has 1 saturated heterocycles. The van der Waals surface area contributed by atoms with E-state index in [4.69, 9.17) is 10.5 Å². The van der Waals surface area contributed by atoms with Crippen LogP contribution >= 0.6 is 15.9 Å². The number of nitrogens with two attached hydrogens (primary N) is 1. The van der Waals surface area contributed by atoms with Gasteiger partial charge in [0.25, 0.3) is 0 Å². The second kappa shape index (κ2) is 5.66. The van der Waals surface area contributed by atoms with E-state index in [2.05, 4.69) is 20.8 Å². The van der Waals surface area contributed by atoms with Crippen molar-refractivity contribution in [3.63, 3.8) is 0 Å². The van der Waals surface area contributed by atoms with Crippen LogP contribution in [0.25, 0.3) is 0 Å². The van der Waals surface area contributed by atoms with Gasteiger partial charge in [-0.15, -0.1) is 0 Å². The number of rotatable bonds is 2. The van der Waals surface area contributed by atoms with E-state index in [1.165, 1.54) is 5.56 Å². The zero-order valence-corrected chi connectivity index (χ0v) is 10.9. The van der Waals surface area contributed by atoms with E-state index in [1.807, 2.05) is 18.2 Å². The van der Waals surface area contributed by atoms with Gasteiger partial charge in [0.15, 0.2) is 0 Å². The second-order valence-corrected chi connectivity index (χ2v) is 4.95. The summed E-state index contributed by atoms with van der Waals surface area (Å²) in [5.41, 5.74) is 7.87. The monoisotopic (exact) mass is 284 g/mol. The SMILES string of the molecule is Nc1ccc(Br)c(CN2CCCOCC2)c1. The molecule has 1 aromatic rings. The molecule has 1 aliphatic heterocycles. The van der Waals surface area contributed by atoms with Crippen LogP contribution < -0.4 is 5.73 Å². The van der Waals surface area contributed by atoms with E-state index in [9.17, 15) is 0 Å². The number of halogens is 1. The number of anilines is 1. The highest BCUT2D eigenvalue weighted by Crippen LogP contribution is 2.21. The highest BCUT2D eigenvalue weighted by molar-refractivity contribution is 9.10. The molecule has 2 N–H and O–H groups in total. The summed E-state index contributed by atoms with van der Waals surface area (Å²) in [5.74, 6) is 0. The molecule has 4 heteroatoms. The first-order valence-corrected chi connectivity index (χ1v) is 6.39. The van der Waals surface area contributed by atoms with Crippen molar-refractivity contribution in [1.29, 1.82) is 0 Å². The van der Waals surface area contributed by atoms with Gasteiger partial charge < -0.3 is 10.5 Å². The average Bonchev–Trinajstić information content (AvgIpc) is 2.52. The van der Waals surface area contributed by atoms with Gasteiger partial charge in [-0.3, -0.25) is 4.90 Å². The Morgan fingerprint density at radius 3 is 3.06 bits per heavy atom. The van der Waals surface area contributed by atoms with E-state index in [-0.39, 0.29) is 0 Å². The summed E-state index contributed by atoms with van der Waals surface area (Å²) in [6.07, 6.45) is 1.11. The first kappa shape index (κ1) is 11.9. The Bertz CT molecular complexity index is 349. The summed E-state index contributed by atoms with van der Waals surface area (Å²) < 4.78 is 6.57. The molecule has 1 fully saturated rings. The molecule has 1 aromatic carbocycles. The van der Waals surface area contributed by atoms with Gasteiger partial charge in [-0.2, -0.15) is 0 Å². The fourth-order valence-corrected chi connectivity index (χ4v) is 2.28. The molecule has 0 spiro atoms. The van der Waals surface area contributed by atoms with Gasteiger partial charge in [0.2, 0.25) is 0 Å². The van der Waals surface area contributed by atoms with E-state index < -0.39 is 0 Å². The van der Waals surface area contributed by atoms with Crippen LogP contribution in [0.3, 0.4) is 0 Å². The summed E-state index contributed by atoms with van der Waals surface area (Å²) >= 11 is 3.56. The number of nitrogen functional groups attached to an aromatic ring is 1. The van der Waals surface area contributed by atoms with Gasteiger partial charge in [0, 0.05) is 36.4 Å². The van der Waals surface area contributed by atoms with Crippen molar-refractivity contribution >= 4 is 21.6 Å². The number of ether oxygens (including phenoxy) is 1. The Kier molecular flexibility index (Phi) is 4.21. The van der Waals surface area contributed by atoms with E-state index in [1.54, 1.807) is 0 Å². The van der Waals surface area contributed by atoms with Crippen molar-refractivity contribution < 1.29 is 4.74 Å². The molecule has 0 amide bonds. The molecule has 3 nitrogen and oxygen atoms in total. The van der Waals surface area contributed by atoms with Crippen molar-refractivity contribution in [1.82, 2.24) is 4.90 Å². The Morgan fingerprint density at radius 2 is 2.19 bits per heavy atom. The van der Waals surface area contributed by atoms with Gasteiger partial charge in [0.1, 0.15) is 0 Å². The minimum atomic E-state index is 0.823. The molecule has 0 unspecified atom stereocenters. The first-order valence-electron chi connectivity index (χ1n) is 5.60. The minimum absolute atomic E-state index is 0.823. The maximum atomic E-state index is 5.80. The zero-order valence-electron chi connectivity index (χ0n) is 9.29. The lowest BCUT2D eigenvalue weighted by molar-refractivity contribution is 0.140. The highest BCUT2D eigenvalue weighted by atomic mass is 79.9. The van der Waals surface area contributed by atoms with Crippen molar-refractivity contribution in [2.75, 3.05) is 32.0 Å². The fourth-order valence-electron chi connectivity index (χ4n) is 1.91. The van der Waals surface area contributed by atoms with Gasteiger partial charge in [-0.1, -0.05) is 15.9 Å². The Morgan fingerprint density at radius 1 is 1.31 bits per heavy atom. The molecule has 16 heavy (non-hydrogen) atoms. The Balaban J connectivity index is 2.04. The Hall–Kier alpha value is -0.580. The summed E-state index contributed by atoms with van der Waals surface area (Å²) in [6.45, 7) is 4.76. The lowest BCUT2D eigenvalue weighted by atomic mass is 10.2. The maximum absolute atomic E-state index is 5.80. The summed E-state index contributed by atoms with van der Waals surface area (Å²) in [5, 5.41) is 0. The van der Waals surface area contributed by atoms with Crippen molar-refractivity contribution in [2.45, 2.75) is 13.0 Å². The third-order valence-electron chi connectivity index (χ3n) is 2.78. The minimum Gasteiger partial charge on any atom is -0.399 e. The topological polar surface area (TPSA) is 38.5 Å². The van der Waals surface area contributed by atoms with Gasteiger partial charge in [-0.05, 0) is 30.2 Å². The van der Waals surface area contributed by atoms with E-state index in [0.29, 0.717) is 0 Å². The normalized spacial score (nSPS) is 18.3. The smallest absolute Gasteiger partial charge is 0.0593 e. The third-order valence-corrected chi connectivity index (χ3v) is 3.55. The van der Waals surface area contributed by atoms with Crippen LogP contribution in [0.4, 0.5) is 5.69 Å². The van der Waals surface area contributed by atoms with Crippen molar-refractivity contribution in [3.05, 3.63) is 28.2 Å². The molecule has 88 valence electrons. The van der Waals surface area contributed by atoms with Gasteiger partial charge in [0.05, 0.1) is 6.61 Å². The van der Waals surface area contributed by atoms with Crippen LogP contribution in [-0.2, 0) is 11.3 Å². The lowest BCUT2D eigenvalue weighted by Crippen LogP contribution is -2.26. The Labute approximate surface area is 105 Å². The molecule has 0 bridgehead atoms. The summed E-state index contributed by atoms with van der Waals surface area (Å²) in [6, 6.07) is 5.97. The zero-order chi connectivity index (χ0) is 11.4. The molecule has 0 aliphatic carbocycles. The van der Waals surface area contributed by atoms with E-state index in [0.717, 1.165) is 49.4 Å². The van der Waals surface area contributed by atoms with Crippen molar-refractivity contribution in [3.8, 4) is 0 Å². The molecule has 1 heterocycles. The fraction of sp³-hybridized carbons (Fsp3) is 0.500. The predicted octanol–water partition coefficient (Wildman–Crippen LogP) is 2.25. The average molecular weight is 285 g/mol. The van der Waals surface area contributed by atoms with Crippen LogP contribution in [0.5, 0.6) is 0 Å². The number of nitrogens with zero attached hydrogens (tertiary/aromatic N) is 1. The summed E-state index contributed by atoms with van der Waals surface area (Å²) in [4.78, 5) is 2.41. The summed E-state index contributed by atoms with van der Waals surface area (Å²) in [7, 11) is 0. The maximum Gasteiger partial charge on any atom is 0.0593 e. The molecule has 0 atom stereocenters. The first-order chi connectivity index (χ1) is 7.75. The molecule has 0 aromatic heterocycles. The second-order valence-electron chi connectivity index (χ2n) is 4.09. The van der Waals surface area contributed by atoms with Gasteiger partial charge >= 0.3 is 0 Å². The number of benzene rings is 1. The quantitative estimate of drug-likeness (QED) is 0.847. The molecule has 0 saturated carbocycles. The highest BCUT2D eigenvalue weighted by Gasteiger charge is 2.11. The van der Waals surface area contributed by atoms with Crippen LogP contribution in [0, 0.1) is 0 Å². The van der Waals surface area contributed by atoms with Crippen LogP contribution in [0.15, 0.2) is 22.7 Å². The van der Waals surface area contributed by atoms with Crippen molar-refractivity contribution in [2.24, 2.45) is 0 Å². The number of hydrogen-bond donors (Lipinski definition) is 1. The predicted molar refractivity (Wildman–Crippen MR) is 69.3 cm³/mol. The standard InChI is InChI=1S/C12H17BrN2O/c13-12-3-2-11(14)8-10(12)9-15-4-1-6-16-7-5-15/h2-3,8H,1,4-7,9,14H2. The molecule has 2 rings (SSSR count). The van der Waals surface area contributed by atoms with Crippen LogP contribution in [0.2, 0.25) is 0 Å². The molecule has 0 radical (unpaired) electrons. The molecular formula is C12H17BrN2O. The van der Waals surface area contributed by atoms with Gasteiger partial charge in [-0.25, -0.2) is 0 Å². The lowest BCUT2D eigenvalue weighted by Gasteiger charge is -2.20. The van der Waals surface area contributed by atoms with Crippen LogP contribution in [-0.4, -0.2) is 31.2 Å². The van der Waals surface area contributed by atoms with E-state index >= 15 is 0 Å². The largest absolute Gasteiger partial charge is 0.399 e. The number of hydrogen-bond acceptors (Lipinski definition) is 3. The molecule has 1 aliphatic rings. The molecular weight excluding hydrogens is 268 g/mol. The third kappa shape index (κ3) is 3.20.